The molecule has 0 fully saturated rings. The van der Waals surface area contributed by atoms with E-state index in [1.165, 1.54) is 33.4 Å². The van der Waals surface area contributed by atoms with E-state index in [1.807, 2.05) is 0 Å². The standard InChI is InChI=1S/C33H24N.ClHO4/c1-6-14-26(15-7-1)32-23-28(31-22-21-25-13-5-3-12-20-30(25)31)24-33(27-16-8-2-9-17-27)34(32)29-18-10-4-11-19-29;2-1(3,4)5/h1-24H;(H,2,3,4,5)/q+1;/p-1. The molecule has 0 atom stereocenters. The van der Waals surface area contributed by atoms with Gasteiger partial charge in [0, 0.05) is 35.4 Å². The Bertz CT molecular complexity index is 1570. The lowest BCUT2D eigenvalue weighted by Crippen LogP contribution is -2.68. The van der Waals surface area contributed by atoms with E-state index in [4.69, 9.17) is 18.6 Å². The first-order valence-electron chi connectivity index (χ1n) is 12.2. The first kappa shape index (κ1) is 26.3. The normalized spacial score (nSPS) is 11.1. The molecule has 0 saturated heterocycles. The number of fused-ring (bicyclic) bond motifs is 1. The van der Waals surface area contributed by atoms with Gasteiger partial charge in [0.05, 0.1) is 0 Å². The molecule has 0 bridgehead atoms. The molecular weight excluding hydrogens is 510 g/mol. The van der Waals surface area contributed by atoms with Crippen molar-refractivity contribution in [3.05, 3.63) is 146 Å². The third-order valence-electron chi connectivity index (χ3n) is 6.32. The average Bonchev–Trinajstić information content (AvgIpc) is 3.20. The molecular formula is C33H24ClNO4. The van der Waals surface area contributed by atoms with Crippen LogP contribution in [0.15, 0.2) is 146 Å². The molecule has 4 aromatic rings. The van der Waals surface area contributed by atoms with E-state index >= 15 is 0 Å². The minimum absolute atomic E-state index is 1.14. The van der Waals surface area contributed by atoms with E-state index in [-0.39, 0.29) is 0 Å². The summed E-state index contributed by atoms with van der Waals surface area (Å²) in [5.41, 5.74) is 10.8. The fourth-order valence-corrected chi connectivity index (χ4v) is 4.71. The maximum atomic E-state index is 8.49. The molecule has 0 N–H and O–H groups in total. The molecule has 5 nitrogen and oxygen atoms in total. The Kier molecular flexibility index (Phi) is 7.79. The lowest BCUT2D eigenvalue weighted by Gasteiger charge is -2.17. The third kappa shape index (κ3) is 6.38. The van der Waals surface area contributed by atoms with Crippen molar-refractivity contribution in [3.63, 3.8) is 0 Å². The van der Waals surface area contributed by atoms with Crippen molar-refractivity contribution in [1.82, 2.24) is 0 Å². The summed E-state index contributed by atoms with van der Waals surface area (Å²) in [6, 6.07) is 51.8. The monoisotopic (exact) mass is 533 g/mol. The second kappa shape index (κ2) is 11.6. The van der Waals surface area contributed by atoms with Gasteiger partial charge in [-0.1, -0.05) is 97.1 Å². The Morgan fingerprint density at radius 1 is 0.385 bits per heavy atom. The molecule has 0 spiro atoms. The molecule has 6 heteroatoms. The second-order valence-corrected chi connectivity index (χ2v) is 9.58. The quantitative estimate of drug-likeness (QED) is 0.325. The minimum atomic E-state index is -4.94. The van der Waals surface area contributed by atoms with Gasteiger partial charge in [-0.05, 0) is 46.5 Å². The van der Waals surface area contributed by atoms with Crippen LogP contribution < -0.4 is 23.2 Å². The van der Waals surface area contributed by atoms with E-state index in [1.54, 1.807) is 0 Å². The van der Waals surface area contributed by atoms with E-state index < -0.39 is 10.2 Å². The molecule has 39 heavy (non-hydrogen) atoms. The molecule has 192 valence electrons. The zero-order valence-corrected chi connectivity index (χ0v) is 21.6. The molecule has 6 rings (SSSR count). The molecule has 0 aliphatic heterocycles. The van der Waals surface area contributed by atoms with Crippen molar-refractivity contribution in [3.8, 4) is 50.5 Å². The van der Waals surface area contributed by atoms with Gasteiger partial charge in [-0.2, -0.15) is 4.57 Å². The van der Waals surface area contributed by atoms with E-state index in [9.17, 15) is 0 Å². The first-order chi connectivity index (χ1) is 18.9. The molecule has 0 radical (unpaired) electrons. The Balaban J connectivity index is 0.000000567. The Morgan fingerprint density at radius 3 is 1.26 bits per heavy atom. The average molecular weight is 534 g/mol. The molecule has 2 aliphatic carbocycles. The van der Waals surface area contributed by atoms with Crippen molar-refractivity contribution in [2.24, 2.45) is 0 Å². The SMILES string of the molecule is [O-][Cl+3]([O-])([O-])[O-].c1ccc(-c2cc(-c3ccc4cccccc3-4)cc(-c3ccccc3)[n+]2-c2ccccc2)cc1. The summed E-state index contributed by atoms with van der Waals surface area (Å²) in [6.45, 7) is 0. The van der Waals surface area contributed by atoms with Crippen molar-refractivity contribution in [1.29, 1.82) is 0 Å². The van der Waals surface area contributed by atoms with Gasteiger partial charge in [-0.3, -0.25) is 0 Å². The van der Waals surface area contributed by atoms with E-state index in [0.717, 1.165) is 17.1 Å². The summed E-state index contributed by atoms with van der Waals surface area (Å²) in [6.07, 6.45) is 0. The first-order valence-corrected chi connectivity index (χ1v) is 13.5. The topological polar surface area (TPSA) is 96.1 Å². The Hall–Kier alpha value is -4.36. The molecule has 0 unspecified atom stereocenters. The molecule has 1 heterocycles. The van der Waals surface area contributed by atoms with Crippen LogP contribution in [0.2, 0.25) is 0 Å². The second-order valence-electron chi connectivity index (χ2n) is 8.82. The van der Waals surface area contributed by atoms with Crippen molar-refractivity contribution >= 4 is 0 Å². The summed E-state index contributed by atoms with van der Waals surface area (Å²) in [7, 11) is -4.94. The fraction of sp³-hybridized carbons (Fsp3) is 0. The maximum Gasteiger partial charge on any atom is 0.219 e. The van der Waals surface area contributed by atoms with Gasteiger partial charge < -0.3 is 0 Å². The van der Waals surface area contributed by atoms with Gasteiger partial charge in [-0.25, -0.2) is 18.6 Å². The highest BCUT2D eigenvalue weighted by molar-refractivity contribution is 5.88. The van der Waals surface area contributed by atoms with Crippen LogP contribution >= 0.6 is 0 Å². The van der Waals surface area contributed by atoms with Crippen molar-refractivity contribution in [2.45, 2.75) is 0 Å². The van der Waals surface area contributed by atoms with Crippen LogP contribution in [0.3, 0.4) is 0 Å². The van der Waals surface area contributed by atoms with Gasteiger partial charge >= 0.3 is 0 Å². The fourth-order valence-electron chi connectivity index (χ4n) is 4.71. The largest absolute Gasteiger partial charge is 0.222 e. The maximum absolute atomic E-state index is 8.49. The molecule has 2 aliphatic rings. The lowest BCUT2D eigenvalue weighted by atomic mass is 9.97. The lowest BCUT2D eigenvalue weighted by molar-refractivity contribution is -2.00. The molecule has 1 aromatic heterocycles. The number of nitrogens with zero attached hydrogens (tertiary/aromatic N) is 1. The van der Waals surface area contributed by atoms with Crippen LogP contribution in [0.5, 0.6) is 0 Å². The summed E-state index contributed by atoms with van der Waals surface area (Å²) in [5, 5.41) is 0. The summed E-state index contributed by atoms with van der Waals surface area (Å²) >= 11 is 0. The van der Waals surface area contributed by atoms with E-state index in [2.05, 4.69) is 150 Å². The Morgan fingerprint density at radius 2 is 0.769 bits per heavy atom. The highest BCUT2D eigenvalue weighted by Crippen LogP contribution is 2.38. The van der Waals surface area contributed by atoms with Gasteiger partial charge in [0.25, 0.3) is 0 Å². The van der Waals surface area contributed by atoms with Gasteiger partial charge in [0.1, 0.15) is 0 Å². The molecule has 3 aromatic carbocycles. The molecule has 0 amide bonds. The van der Waals surface area contributed by atoms with Crippen LogP contribution in [0.4, 0.5) is 0 Å². The zero-order chi connectivity index (χ0) is 27.2. The van der Waals surface area contributed by atoms with Gasteiger partial charge in [-0.15, -0.1) is 10.2 Å². The number of para-hydroxylation sites is 1. The number of benzene rings is 3. The highest BCUT2D eigenvalue weighted by atomic mass is 35.7. The van der Waals surface area contributed by atoms with Crippen LogP contribution in [0.25, 0.3) is 50.5 Å². The number of rotatable bonds is 4. The number of pyridine rings is 1. The highest BCUT2D eigenvalue weighted by Gasteiger charge is 2.25. The van der Waals surface area contributed by atoms with Crippen LogP contribution in [-0.4, -0.2) is 0 Å². The summed E-state index contributed by atoms with van der Waals surface area (Å²) < 4.78 is 36.3. The van der Waals surface area contributed by atoms with Gasteiger partial charge in [0.15, 0.2) is 0 Å². The number of halogens is 1. The number of hydrogen-bond donors (Lipinski definition) is 0. The summed E-state index contributed by atoms with van der Waals surface area (Å²) in [4.78, 5) is 0. The predicted molar refractivity (Wildman–Crippen MR) is 141 cm³/mol. The smallest absolute Gasteiger partial charge is 0.219 e. The minimum Gasteiger partial charge on any atom is -0.222 e. The van der Waals surface area contributed by atoms with Crippen LogP contribution in [0, 0.1) is 10.2 Å². The van der Waals surface area contributed by atoms with Crippen molar-refractivity contribution in [2.75, 3.05) is 0 Å². The zero-order valence-electron chi connectivity index (χ0n) is 20.8. The molecule has 0 saturated carbocycles. The predicted octanol–water partition coefficient (Wildman–Crippen LogP) is 3.31. The van der Waals surface area contributed by atoms with Crippen LogP contribution in [-0.2, 0) is 0 Å². The van der Waals surface area contributed by atoms with Crippen molar-refractivity contribution < 1.29 is 33.4 Å². The van der Waals surface area contributed by atoms with Crippen LogP contribution in [0.1, 0.15) is 0 Å². The van der Waals surface area contributed by atoms with Gasteiger partial charge in [0.2, 0.25) is 17.1 Å². The number of hydrogen-bond acceptors (Lipinski definition) is 4. The summed E-state index contributed by atoms with van der Waals surface area (Å²) in [5.74, 6) is 0. The number of aromatic nitrogens is 1. The van der Waals surface area contributed by atoms with E-state index in [0.29, 0.717) is 0 Å². The third-order valence-corrected chi connectivity index (χ3v) is 6.32. The Labute approximate surface area is 229 Å².